The Morgan fingerprint density at radius 2 is 1.63 bits per heavy atom. The molecule has 35 heavy (non-hydrogen) atoms. The van der Waals surface area contributed by atoms with Gasteiger partial charge in [0, 0.05) is 12.7 Å². The molecule has 0 saturated carbocycles. The van der Waals surface area contributed by atoms with Crippen LogP contribution in [0.15, 0.2) is 53.4 Å². The van der Waals surface area contributed by atoms with Crippen LogP contribution in [0.5, 0.6) is 11.5 Å². The SMILES string of the molecule is COc1ccc(N(CC(=O)Nc2ccc(OC(F)(F)F)cc2)S(=O)(=O)c2c(C)nn(C)c2C)cc1. The maximum absolute atomic E-state index is 13.6. The molecule has 0 fully saturated rings. The van der Waals surface area contributed by atoms with E-state index in [0.717, 1.165) is 16.4 Å². The second-order valence-corrected chi connectivity index (χ2v) is 9.25. The number of sulfonamides is 1. The molecule has 0 unspecified atom stereocenters. The van der Waals surface area contributed by atoms with Crippen LogP contribution in [0.4, 0.5) is 24.5 Å². The third-order valence-electron chi connectivity index (χ3n) is 5.01. The molecule has 0 bridgehead atoms. The lowest BCUT2D eigenvalue weighted by atomic mass is 10.3. The van der Waals surface area contributed by atoms with Crippen molar-refractivity contribution >= 4 is 27.3 Å². The van der Waals surface area contributed by atoms with Gasteiger partial charge in [0.1, 0.15) is 22.9 Å². The summed E-state index contributed by atoms with van der Waals surface area (Å²) >= 11 is 0. The highest BCUT2D eigenvalue weighted by Crippen LogP contribution is 2.29. The van der Waals surface area contributed by atoms with Crippen LogP contribution >= 0.6 is 0 Å². The average molecular weight is 513 g/mol. The van der Waals surface area contributed by atoms with Crippen molar-refractivity contribution in [2.24, 2.45) is 7.05 Å². The van der Waals surface area contributed by atoms with Crippen molar-refractivity contribution in [3.8, 4) is 11.5 Å². The number of hydrogen-bond acceptors (Lipinski definition) is 6. The molecule has 0 aliphatic heterocycles. The van der Waals surface area contributed by atoms with Gasteiger partial charge in [-0.05, 0) is 62.4 Å². The molecule has 2 aromatic carbocycles. The van der Waals surface area contributed by atoms with Crippen molar-refractivity contribution in [3.63, 3.8) is 0 Å². The van der Waals surface area contributed by atoms with Gasteiger partial charge in [0.25, 0.3) is 10.0 Å². The fourth-order valence-corrected chi connectivity index (χ4v) is 5.20. The standard InChI is InChI=1S/C22H23F3N4O5S/c1-14-21(15(2)28(3)27-14)35(31,32)29(17-7-11-18(33-4)12-8-17)13-20(30)26-16-5-9-19(10-6-16)34-22(23,24)25/h5-12H,13H2,1-4H3,(H,26,30). The Bertz CT molecular complexity index is 1300. The van der Waals surface area contributed by atoms with Crippen LogP contribution in [0.25, 0.3) is 0 Å². The number of rotatable bonds is 8. The molecular weight excluding hydrogens is 489 g/mol. The first-order valence-electron chi connectivity index (χ1n) is 10.1. The number of benzene rings is 2. The summed E-state index contributed by atoms with van der Waals surface area (Å²) in [4.78, 5) is 12.8. The Morgan fingerprint density at radius 1 is 1.06 bits per heavy atom. The molecule has 1 heterocycles. The Kier molecular flexibility index (Phi) is 7.29. The van der Waals surface area contributed by atoms with Gasteiger partial charge in [-0.15, -0.1) is 13.2 Å². The molecule has 0 saturated heterocycles. The molecule has 13 heteroatoms. The fraction of sp³-hybridized carbons (Fsp3) is 0.273. The lowest BCUT2D eigenvalue weighted by Gasteiger charge is -2.24. The van der Waals surface area contributed by atoms with E-state index in [2.05, 4.69) is 15.2 Å². The van der Waals surface area contributed by atoms with E-state index in [1.165, 1.54) is 36.1 Å². The number of methoxy groups -OCH3 is 1. The third-order valence-corrected chi connectivity index (χ3v) is 7.04. The fourth-order valence-electron chi connectivity index (χ4n) is 3.37. The van der Waals surface area contributed by atoms with Crippen LogP contribution in [-0.4, -0.2) is 44.1 Å². The number of ether oxygens (including phenoxy) is 2. The predicted molar refractivity (Wildman–Crippen MR) is 122 cm³/mol. The molecule has 0 aliphatic carbocycles. The molecule has 0 atom stereocenters. The van der Waals surface area contributed by atoms with Crippen LogP contribution in [-0.2, 0) is 21.9 Å². The highest BCUT2D eigenvalue weighted by molar-refractivity contribution is 7.93. The molecular formula is C22H23F3N4O5S. The number of hydrogen-bond donors (Lipinski definition) is 1. The van der Waals surface area contributed by atoms with Crippen LogP contribution in [0.2, 0.25) is 0 Å². The summed E-state index contributed by atoms with van der Waals surface area (Å²) < 4.78 is 75.6. The molecule has 0 aliphatic rings. The van der Waals surface area contributed by atoms with E-state index in [1.807, 2.05) is 0 Å². The van der Waals surface area contributed by atoms with Crippen molar-refractivity contribution < 1.29 is 35.9 Å². The highest BCUT2D eigenvalue weighted by atomic mass is 32.2. The minimum absolute atomic E-state index is 0.0303. The van der Waals surface area contributed by atoms with Crippen LogP contribution in [0.3, 0.4) is 0 Å². The summed E-state index contributed by atoms with van der Waals surface area (Å²) in [5.74, 6) is -0.681. The quantitative estimate of drug-likeness (QED) is 0.493. The van der Waals surface area contributed by atoms with E-state index in [9.17, 15) is 26.4 Å². The van der Waals surface area contributed by atoms with Gasteiger partial charge < -0.3 is 14.8 Å². The summed E-state index contributed by atoms with van der Waals surface area (Å²) in [6.07, 6.45) is -4.85. The smallest absolute Gasteiger partial charge is 0.497 e. The van der Waals surface area contributed by atoms with Crippen LogP contribution in [0.1, 0.15) is 11.4 Å². The average Bonchev–Trinajstić information content (AvgIpc) is 3.04. The summed E-state index contributed by atoms with van der Waals surface area (Å²) in [6, 6.07) is 10.6. The van der Waals surface area contributed by atoms with Crippen molar-refractivity contribution in [3.05, 3.63) is 59.9 Å². The number of amides is 1. The minimum Gasteiger partial charge on any atom is -0.497 e. The van der Waals surface area contributed by atoms with Gasteiger partial charge in [0.2, 0.25) is 5.91 Å². The molecule has 1 N–H and O–H groups in total. The Balaban J connectivity index is 1.90. The molecule has 3 rings (SSSR count). The summed E-state index contributed by atoms with van der Waals surface area (Å²) in [6.45, 7) is 2.55. The van der Waals surface area contributed by atoms with Gasteiger partial charge in [-0.2, -0.15) is 5.10 Å². The molecule has 1 amide bonds. The summed E-state index contributed by atoms with van der Waals surface area (Å²) in [7, 11) is -1.15. The molecule has 0 spiro atoms. The van der Waals surface area contributed by atoms with Gasteiger partial charge in [0.05, 0.1) is 24.2 Å². The zero-order valence-electron chi connectivity index (χ0n) is 19.3. The number of carbonyl (C=O) groups excluding carboxylic acids is 1. The van der Waals surface area contributed by atoms with E-state index in [-0.39, 0.29) is 22.0 Å². The summed E-state index contributed by atoms with van der Waals surface area (Å²) in [5.41, 5.74) is 1.02. The van der Waals surface area contributed by atoms with Gasteiger partial charge in [-0.25, -0.2) is 8.42 Å². The van der Waals surface area contributed by atoms with E-state index < -0.39 is 34.6 Å². The van der Waals surface area contributed by atoms with Crippen LogP contribution < -0.4 is 19.1 Å². The third kappa shape index (κ3) is 6.04. The lowest BCUT2D eigenvalue weighted by Crippen LogP contribution is -2.38. The van der Waals surface area contributed by atoms with Crippen molar-refractivity contribution in [1.82, 2.24) is 9.78 Å². The number of nitrogens with one attached hydrogen (secondary N) is 1. The number of nitrogens with zero attached hydrogens (tertiary/aromatic N) is 3. The Hall–Kier alpha value is -3.74. The van der Waals surface area contributed by atoms with Gasteiger partial charge in [-0.1, -0.05) is 0 Å². The lowest BCUT2D eigenvalue weighted by molar-refractivity contribution is -0.274. The molecule has 1 aromatic heterocycles. The molecule has 188 valence electrons. The minimum atomic E-state index is -4.85. The second-order valence-electron chi connectivity index (χ2n) is 7.45. The van der Waals surface area contributed by atoms with Gasteiger partial charge in [-0.3, -0.25) is 13.8 Å². The number of aryl methyl sites for hydroxylation is 2. The summed E-state index contributed by atoms with van der Waals surface area (Å²) in [5, 5.41) is 6.64. The number of carbonyl (C=O) groups is 1. The monoisotopic (exact) mass is 512 g/mol. The molecule has 0 radical (unpaired) electrons. The second kappa shape index (κ2) is 9.86. The first kappa shape index (κ1) is 25.9. The predicted octanol–water partition coefficient (Wildman–Crippen LogP) is 3.78. The normalized spacial score (nSPS) is 11.7. The number of anilines is 2. The maximum Gasteiger partial charge on any atom is 0.573 e. The van der Waals surface area contributed by atoms with Crippen molar-refractivity contribution in [2.45, 2.75) is 25.1 Å². The zero-order valence-corrected chi connectivity index (χ0v) is 20.1. The Labute approximate surface area is 200 Å². The van der Waals surface area contributed by atoms with Gasteiger partial charge >= 0.3 is 6.36 Å². The van der Waals surface area contributed by atoms with E-state index in [0.29, 0.717) is 11.4 Å². The topological polar surface area (TPSA) is 103 Å². The van der Waals surface area contributed by atoms with E-state index in [4.69, 9.17) is 4.74 Å². The largest absolute Gasteiger partial charge is 0.573 e. The van der Waals surface area contributed by atoms with Crippen molar-refractivity contribution in [1.29, 1.82) is 0 Å². The number of aromatic nitrogens is 2. The number of halogens is 3. The van der Waals surface area contributed by atoms with Gasteiger partial charge in [0.15, 0.2) is 0 Å². The molecule has 9 nitrogen and oxygen atoms in total. The van der Waals surface area contributed by atoms with Crippen LogP contribution in [0, 0.1) is 13.8 Å². The molecule has 3 aromatic rings. The first-order chi connectivity index (χ1) is 16.3. The van der Waals surface area contributed by atoms with E-state index >= 15 is 0 Å². The zero-order chi connectivity index (χ0) is 26.0. The first-order valence-corrected chi connectivity index (χ1v) is 11.6. The maximum atomic E-state index is 13.6. The van der Waals surface area contributed by atoms with Crippen molar-refractivity contribution in [2.75, 3.05) is 23.3 Å². The number of alkyl halides is 3. The Morgan fingerprint density at radius 3 is 2.11 bits per heavy atom. The highest BCUT2D eigenvalue weighted by Gasteiger charge is 2.33. The van der Waals surface area contributed by atoms with E-state index in [1.54, 1.807) is 33.0 Å².